The van der Waals surface area contributed by atoms with Crippen LogP contribution in [0.25, 0.3) is 22.3 Å². The highest BCUT2D eigenvalue weighted by atomic mass is 16.7. The third kappa shape index (κ3) is 3.88. The highest BCUT2D eigenvalue weighted by Gasteiger charge is 2.45. The number of ether oxygens (including phenoxy) is 2. The minimum absolute atomic E-state index is 0.321. The van der Waals surface area contributed by atoms with E-state index >= 15 is 0 Å². The predicted molar refractivity (Wildman–Crippen MR) is 112 cm³/mol. The SMILES string of the molecule is O=c1c(O)c(-c2cc(O)c(O)c(OC3OC(CO)C(O)C(O)C3O)c2)oc2c(O)c(O)cc(O)c12. The number of hydrogen-bond donors (Lipinski definition) is 10. The first-order valence-electron chi connectivity index (χ1n) is 9.93. The topological polar surface area (TPSA) is 251 Å². The van der Waals surface area contributed by atoms with Crippen molar-refractivity contribution in [2.75, 3.05) is 6.61 Å². The summed E-state index contributed by atoms with van der Waals surface area (Å²) in [5.41, 5.74) is -2.24. The van der Waals surface area contributed by atoms with Gasteiger partial charge < -0.3 is 65.0 Å². The summed E-state index contributed by atoms with van der Waals surface area (Å²) in [6.45, 7) is -0.763. The summed E-state index contributed by atoms with van der Waals surface area (Å²) < 4.78 is 15.8. The summed E-state index contributed by atoms with van der Waals surface area (Å²) in [5, 5.41) is 99.0. The van der Waals surface area contributed by atoms with E-state index in [-0.39, 0.29) is 5.56 Å². The molecule has 0 amide bonds. The number of aromatic hydroxyl groups is 6. The number of aliphatic hydroxyl groups is 4. The van der Waals surface area contributed by atoms with Gasteiger partial charge in [-0.2, -0.15) is 0 Å². The summed E-state index contributed by atoms with van der Waals surface area (Å²) in [6, 6.07) is 2.41. The van der Waals surface area contributed by atoms with Crippen LogP contribution in [-0.2, 0) is 4.74 Å². The van der Waals surface area contributed by atoms with E-state index in [4.69, 9.17) is 13.9 Å². The number of fused-ring (bicyclic) bond motifs is 1. The molecule has 2 aromatic carbocycles. The van der Waals surface area contributed by atoms with E-state index in [0.29, 0.717) is 6.07 Å². The average molecular weight is 496 g/mol. The summed E-state index contributed by atoms with van der Waals surface area (Å²) >= 11 is 0. The maximum Gasteiger partial charge on any atom is 0.238 e. The van der Waals surface area contributed by atoms with Crippen LogP contribution in [0.4, 0.5) is 0 Å². The monoisotopic (exact) mass is 496 g/mol. The minimum atomic E-state index is -1.87. The molecule has 188 valence electrons. The number of rotatable bonds is 4. The van der Waals surface area contributed by atoms with Crippen LogP contribution in [-0.4, -0.2) is 88.4 Å². The fraction of sp³-hybridized carbons (Fsp3) is 0.286. The number of phenols is 5. The zero-order valence-electron chi connectivity index (χ0n) is 17.4. The molecule has 1 fully saturated rings. The second-order valence-electron chi connectivity index (χ2n) is 7.73. The standard InChI is InChI=1S/C21H20O14/c22-4-10-14(28)16(30)18(32)21(34-10)33-9-2-5(1-7(24)12(9)26)19-17(31)15(29)11-6(23)3-8(25)13(27)20(11)35-19/h1-3,10,14,16,18,21-28,30-32H,4H2. The Morgan fingerprint density at radius 1 is 0.800 bits per heavy atom. The van der Waals surface area contributed by atoms with Gasteiger partial charge in [0.15, 0.2) is 28.6 Å². The van der Waals surface area contributed by atoms with Gasteiger partial charge in [-0.25, -0.2) is 0 Å². The van der Waals surface area contributed by atoms with Gasteiger partial charge >= 0.3 is 0 Å². The molecule has 0 radical (unpaired) electrons. The fourth-order valence-corrected chi connectivity index (χ4v) is 3.61. The van der Waals surface area contributed by atoms with E-state index in [1.54, 1.807) is 0 Å². The van der Waals surface area contributed by atoms with Crippen molar-refractivity contribution in [1.29, 1.82) is 0 Å². The van der Waals surface area contributed by atoms with Crippen LogP contribution in [0, 0.1) is 0 Å². The molecule has 0 saturated carbocycles. The smallest absolute Gasteiger partial charge is 0.238 e. The van der Waals surface area contributed by atoms with Crippen LogP contribution in [0.3, 0.4) is 0 Å². The maximum atomic E-state index is 12.6. The molecule has 14 heteroatoms. The van der Waals surface area contributed by atoms with Gasteiger partial charge in [0.2, 0.25) is 29.0 Å². The van der Waals surface area contributed by atoms with Gasteiger partial charge in [0, 0.05) is 11.6 Å². The van der Waals surface area contributed by atoms with Crippen molar-refractivity contribution in [2.24, 2.45) is 0 Å². The van der Waals surface area contributed by atoms with Crippen LogP contribution in [0.15, 0.2) is 27.4 Å². The number of phenolic OH excluding ortho intramolecular Hbond substituents is 5. The van der Waals surface area contributed by atoms with E-state index in [2.05, 4.69) is 0 Å². The lowest BCUT2D eigenvalue weighted by Crippen LogP contribution is -2.60. The van der Waals surface area contributed by atoms with Crippen molar-refractivity contribution < 1.29 is 65.0 Å². The summed E-state index contributed by atoms with van der Waals surface area (Å²) in [7, 11) is 0. The molecule has 5 atom stereocenters. The quantitative estimate of drug-likeness (QED) is 0.152. The minimum Gasteiger partial charge on any atom is -0.507 e. The average Bonchev–Trinajstić information content (AvgIpc) is 2.82. The Hall–Kier alpha value is -3.95. The molecule has 1 aliphatic rings. The van der Waals surface area contributed by atoms with Gasteiger partial charge in [0.1, 0.15) is 35.6 Å². The van der Waals surface area contributed by atoms with Crippen molar-refractivity contribution in [3.63, 3.8) is 0 Å². The van der Waals surface area contributed by atoms with Crippen molar-refractivity contribution in [1.82, 2.24) is 0 Å². The molecule has 0 bridgehead atoms. The maximum absolute atomic E-state index is 12.6. The van der Waals surface area contributed by atoms with Crippen molar-refractivity contribution in [3.05, 3.63) is 28.4 Å². The lowest BCUT2D eigenvalue weighted by atomic mass is 9.99. The lowest BCUT2D eigenvalue weighted by molar-refractivity contribution is -0.277. The third-order valence-corrected chi connectivity index (χ3v) is 5.48. The Balaban J connectivity index is 1.83. The molecule has 0 aliphatic carbocycles. The molecule has 1 saturated heterocycles. The number of aliphatic hydroxyl groups excluding tert-OH is 4. The van der Waals surface area contributed by atoms with Crippen molar-refractivity contribution in [3.8, 4) is 51.6 Å². The Kier molecular flexibility index (Phi) is 6.00. The zero-order chi connectivity index (χ0) is 25.8. The van der Waals surface area contributed by atoms with Gasteiger partial charge in [0.05, 0.1) is 6.61 Å². The molecule has 1 aliphatic heterocycles. The van der Waals surface area contributed by atoms with Crippen molar-refractivity contribution in [2.45, 2.75) is 30.7 Å². The molecular weight excluding hydrogens is 476 g/mol. The van der Waals surface area contributed by atoms with E-state index in [1.165, 1.54) is 0 Å². The molecule has 1 aromatic heterocycles. The molecule has 3 aromatic rings. The highest BCUT2D eigenvalue weighted by molar-refractivity contribution is 5.93. The van der Waals surface area contributed by atoms with Gasteiger partial charge in [-0.05, 0) is 12.1 Å². The Morgan fingerprint density at radius 2 is 1.46 bits per heavy atom. The first-order chi connectivity index (χ1) is 16.5. The Bertz CT molecular complexity index is 1350. The summed E-state index contributed by atoms with van der Waals surface area (Å²) in [5.74, 6) is -6.72. The van der Waals surface area contributed by atoms with Crippen LogP contribution in [0.1, 0.15) is 0 Å². The number of benzene rings is 2. The Morgan fingerprint density at radius 3 is 2.11 bits per heavy atom. The van der Waals surface area contributed by atoms with Crippen LogP contribution < -0.4 is 10.2 Å². The van der Waals surface area contributed by atoms with E-state index in [0.717, 1.165) is 12.1 Å². The molecule has 14 nitrogen and oxygen atoms in total. The predicted octanol–water partition coefficient (Wildman–Crippen LogP) is -1.13. The van der Waals surface area contributed by atoms with Crippen LogP contribution in [0.5, 0.6) is 40.2 Å². The molecule has 2 heterocycles. The second-order valence-corrected chi connectivity index (χ2v) is 7.73. The van der Waals surface area contributed by atoms with E-state index in [9.17, 15) is 55.9 Å². The van der Waals surface area contributed by atoms with Gasteiger partial charge in [-0.3, -0.25) is 4.79 Å². The van der Waals surface area contributed by atoms with E-state index < -0.39 is 99.7 Å². The van der Waals surface area contributed by atoms with Crippen LogP contribution >= 0.6 is 0 Å². The van der Waals surface area contributed by atoms with Gasteiger partial charge in [0.25, 0.3) is 0 Å². The molecule has 35 heavy (non-hydrogen) atoms. The number of hydrogen-bond acceptors (Lipinski definition) is 14. The third-order valence-electron chi connectivity index (χ3n) is 5.48. The molecular formula is C21H20O14. The van der Waals surface area contributed by atoms with E-state index in [1.807, 2.05) is 0 Å². The molecule has 0 spiro atoms. The van der Waals surface area contributed by atoms with Crippen molar-refractivity contribution >= 4 is 11.0 Å². The Labute approximate surface area is 193 Å². The van der Waals surface area contributed by atoms with Gasteiger partial charge in [-0.1, -0.05) is 0 Å². The first-order valence-corrected chi connectivity index (χ1v) is 9.93. The summed E-state index contributed by atoms with van der Waals surface area (Å²) in [6.07, 6.45) is -8.47. The normalized spacial score (nSPS) is 24.5. The lowest BCUT2D eigenvalue weighted by Gasteiger charge is -2.39. The zero-order valence-corrected chi connectivity index (χ0v) is 17.4. The summed E-state index contributed by atoms with van der Waals surface area (Å²) in [4.78, 5) is 12.6. The van der Waals surface area contributed by atoms with Gasteiger partial charge in [-0.15, -0.1) is 0 Å². The largest absolute Gasteiger partial charge is 0.507 e. The molecule has 5 unspecified atom stereocenters. The molecule has 10 N–H and O–H groups in total. The molecule has 4 rings (SSSR count). The highest BCUT2D eigenvalue weighted by Crippen LogP contribution is 2.45. The first kappa shape index (κ1) is 24.2. The fourth-order valence-electron chi connectivity index (χ4n) is 3.61. The second kappa shape index (κ2) is 8.68. The van der Waals surface area contributed by atoms with Crippen LogP contribution in [0.2, 0.25) is 0 Å².